The molecule has 0 fully saturated rings. The molecule has 2 nitrogen and oxygen atoms in total. The summed E-state index contributed by atoms with van der Waals surface area (Å²) in [6.45, 7) is 7.71. The van der Waals surface area contributed by atoms with E-state index in [-0.39, 0.29) is 0 Å². The van der Waals surface area contributed by atoms with E-state index in [0.29, 0.717) is 6.04 Å². The Labute approximate surface area is 84.4 Å². The molecule has 2 unspecified atom stereocenters. The maximum absolute atomic E-state index is 4.04. The number of hydrogen-bond acceptors (Lipinski definition) is 3. The Hall–Kier alpha value is -0.410. The van der Waals surface area contributed by atoms with Crippen LogP contribution in [0.2, 0.25) is 0 Å². The second-order valence-corrected chi connectivity index (χ2v) is 4.49. The molecule has 74 valence electrons. The first-order valence-corrected chi connectivity index (χ1v) is 5.72. The number of nitrogens with zero attached hydrogens (tertiary/aromatic N) is 1. The van der Waals surface area contributed by atoms with Gasteiger partial charge in [0.05, 0.1) is 5.51 Å². The molecule has 13 heavy (non-hydrogen) atoms. The molecular formula is C10H18N2S. The Morgan fingerprint density at radius 1 is 1.54 bits per heavy atom. The van der Waals surface area contributed by atoms with E-state index in [1.165, 1.54) is 11.3 Å². The molecule has 0 spiro atoms. The number of nitrogens with one attached hydrogen (secondary N) is 1. The Balaban J connectivity index is 2.26. The van der Waals surface area contributed by atoms with Crippen LogP contribution in [0.4, 0.5) is 0 Å². The average molecular weight is 198 g/mol. The fourth-order valence-corrected chi connectivity index (χ4v) is 1.69. The fraction of sp³-hybridized carbons (Fsp3) is 0.700. The molecule has 1 aromatic rings. The molecule has 0 radical (unpaired) electrons. The van der Waals surface area contributed by atoms with E-state index >= 15 is 0 Å². The van der Waals surface area contributed by atoms with E-state index < -0.39 is 0 Å². The van der Waals surface area contributed by atoms with Crippen molar-refractivity contribution in [3.05, 3.63) is 16.6 Å². The molecule has 0 aromatic carbocycles. The molecule has 3 heteroatoms. The van der Waals surface area contributed by atoms with Gasteiger partial charge in [0, 0.05) is 23.7 Å². The first-order chi connectivity index (χ1) is 6.24. The van der Waals surface area contributed by atoms with E-state index in [9.17, 15) is 0 Å². The van der Waals surface area contributed by atoms with Crippen LogP contribution in [0.25, 0.3) is 0 Å². The highest BCUT2D eigenvalue weighted by atomic mass is 32.1. The molecule has 0 aliphatic heterocycles. The summed E-state index contributed by atoms with van der Waals surface area (Å²) in [5.41, 5.74) is 1.88. The van der Waals surface area contributed by atoms with Gasteiger partial charge in [-0.25, -0.2) is 0 Å². The van der Waals surface area contributed by atoms with Gasteiger partial charge < -0.3 is 5.32 Å². The largest absolute Gasteiger partial charge is 0.309 e. The van der Waals surface area contributed by atoms with Crippen molar-refractivity contribution >= 4 is 11.3 Å². The zero-order valence-electron chi connectivity index (χ0n) is 8.58. The van der Waals surface area contributed by atoms with Crippen LogP contribution >= 0.6 is 11.3 Å². The highest BCUT2D eigenvalue weighted by molar-refractivity contribution is 7.09. The number of hydrogen-bond donors (Lipinski definition) is 1. The van der Waals surface area contributed by atoms with Crippen LogP contribution < -0.4 is 5.32 Å². The quantitative estimate of drug-likeness (QED) is 0.787. The minimum atomic E-state index is 0.590. The Bertz CT molecular complexity index is 221. The molecule has 0 saturated heterocycles. The number of aromatic nitrogens is 1. The minimum absolute atomic E-state index is 0.590. The van der Waals surface area contributed by atoms with E-state index in [0.717, 1.165) is 12.5 Å². The summed E-state index contributed by atoms with van der Waals surface area (Å²) in [5.74, 6) is 0.743. The van der Waals surface area contributed by atoms with Crippen LogP contribution in [-0.2, 0) is 6.54 Å². The van der Waals surface area contributed by atoms with Crippen LogP contribution in [0, 0.1) is 5.92 Å². The summed E-state index contributed by atoms with van der Waals surface area (Å²) in [7, 11) is 0. The van der Waals surface area contributed by atoms with Crippen molar-refractivity contribution < 1.29 is 0 Å². The standard InChI is InChI=1S/C10H18N2S/c1-4-8(2)9(3)12-6-10-5-11-7-13-10/h5,7-9,12H,4,6H2,1-3H3. The monoisotopic (exact) mass is 198 g/mol. The molecule has 1 N–H and O–H groups in total. The Morgan fingerprint density at radius 3 is 2.85 bits per heavy atom. The van der Waals surface area contributed by atoms with Gasteiger partial charge in [-0.2, -0.15) is 0 Å². The summed E-state index contributed by atoms with van der Waals surface area (Å²) in [6, 6.07) is 0.590. The Kier molecular flexibility index (Phi) is 4.39. The number of rotatable bonds is 5. The maximum Gasteiger partial charge on any atom is 0.0794 e. The normalized spacial score (nSPS) is 15.6. The van der Waals surface area contributed by atoms with E-state index in [2.05, 4.69) is 31.1 Å². The molecule has 1 aromatic heterocycles. The third-order valence-electron chi connectivity index (χ3n) is 2.58. The van der Waals surface area contributed by atoms with Crippen LogP contribution in [0.1, 0.15) is 32.1 Å². The summed E-state index contributed by atoms with van der Waals surface area (Å²) >= 11 is 1.71. The van der Waals surface area contributed by atoms with Crippen molar-refractivity contribution in [3.63, 3.8) is 0 Å². The molecule has 0 aliphatic rings. The van der Waals surface area contributed by atoms with Crippen molar-refractivity contribution in [3.8, 4) is 0 Å². The molecule has 0 bridgehead atoms. The van der Waals surface area contributed by atoms with Crippen LogP contribution in [0.5, 0.6) is 0 Å². The van der Waals surface area contributed by atoms with Crippen LogP contribution in [0.15, 0.2) is 11.7 Å². The molecule has 1 heterocycles. The van der Waals surface area contributed by atoms with Gasteiger partial charge in [-0.05, 0) is 12.8 Å². The van der Waals surface area contributed by atoms with Gasteiger partial charge in [-0.1, -0.05) is 20.3 Å². The van der Waals surface area contributed by atoms with Crippen LogP contribution in [-0.4, -0.2) is 11.0 Å². The summed E-state index contributed by atoms with van der Waals surface area (Å²) in [5, 5.41) is 3.51. The second-order valence-electron chi connectivity index (χ2n) is 3.52. The molecule has 2 atom stereocenters. The fourth-order valence-electron chi connectivity index (χ4n) is 1.15. The number of thiazole rings is 1. The van der Waals surface area contributed by atoms with Crippen molar-refractivity contribution in [2.75, 3.05) is 0 Å². The minimum Gasteiger partial charge on any atom is -0.309 e. The van der Waals surface area contributed by atoms with Gasteiger partial charge in [0.1, 0.15) is 0 Å². The smallest absolute Gasteiger partial charge is 0.0794 e. The van der Waals surface area contributed by atoms with Crippen molar-refractivity contribution in [2.24, 2.45) is 5.92 Å². The maximum atomic E-state index is 4.04. The van der Waals surface area contributed by atoms with Crippen LogP contribution in [0.3, 0.4) is 0 Å². The summed E-state index contributed by atoms with van der Waals surface area (Å²) < 4.78 is 0. The summed E-state index contributed by atoms with van der Waals surface area (Å²) in [4.78, 5) is 5.36. The van der Waals surface area contributed by atoms with Gasteiger partial charge in [-0.3, -0.25) is 4.98 Å². The van der Waals surface area contributed by atoms with Gasteiger partial charge in [0.2, 0.25) is 0 Å². The van der Waals surface area contributed by atoms with Gasteiger partial charge >= 0.3 is 0 Å². The van der Waals surface area contributed by atoms with E-state index in [4.69, 9.17) is 0 Å². The van der Waals surface area contributed by atoms with Gasteiger partial charge in [0.25, 0.3) is 0 Å². The predicted octanol–water partition coefficient (Wildman–Crippen LogP) is 2.67. The third kappa shape index (κ3) is 3.44. The second kappa shape index (κ2) is 5.35. The van der Waals surface area contributed by atoms with Crippen molar-refractivity contribution in [1.29, 1.82) is 0 Å². The predicted molar refractivity (Wildman–Crippen MR) is 57.9 cm³/mol. The first kappa shape index (κ1) is 10.7. The van der Waals surface area contributed by atoms with E-state index in [1.54, 1.807) is 11.3 Å². The van der Waals surface area contributed by atoms with Crippen molar-refractivity contribution in [1.82, 2.24) is 10.3 Å². The lowest BCUT2D eigenvalue weighted by atomic mass is 10.0. The lowest BCUT2D eigenvalue weighted by Gasteiger charge is -2.19. The molecule has 1 rings (SSSR count). The lowest BCUT2D eigenvalue weighted by Crippen LogP contribution is -2.31. The third-order valence-corrected chi connectivity index (χ3v) is 3.36. The van der Waals surface area contributed by atoms with E-state index in [1.807, 2.05) is 11.7 Å². The SMILES string of the molecule is CCC(C)C(C)NCc1cncs1. The molecule has 0 saturated carbocycles. The molecular weight excluding hydrogens is 180 g/mol. The van der Waals surface area contributed by atoms with Gasteiger partial charge in [-0.15, -0.1) is 11.3 Å². The average Bonchev–Trinajstić information content (AvgIpc) is 2.65. The first-order valence-electron chi connectivity index (χ1n) is 4.84. The van der Waals surface area contributed by atoms with Crippen molar-refractivity contribution in [2.45, 2.75) is 39.8 Å². The molecule has 0 aliphatic carbocycles. The topological polar surface area (TPSA) is 24.9 Å². The summed E-state index contributed by atoms with van der Waals surface area (Å²) in [6.07, 6.45) is 3.16. The zero-order chi connectivity index (χ0) is 9.68. The zero-order valence-corrected chi connectivity index (χ0v) is 9.40. The highest BCUT2D eigenvalue weighted by Gasteiger charge is 2.08. The Morgan fingerprint density at radius 2 is 2.31 bits per heavy atom. The highest BCUT2D eigenvalue weighted by Crippen LogP contribution is 2.09. The van der Waals surface area contributed by atoms with Gasteiger partial charge in [0.15, 0.2) is 0 Å². The molecule has 0 amide bonds. The lowest BCUT2D eigenvalue weighted by molar-refractivity contribution is 0.390.